The molecule has 1 heterocycles. The van der Waals surface area contributed by atoms with Gasteiger partial charge in [0.2, 0.25) is 0 Å². The first-order valence-electron chi connectivity index (χ1n) is 7.09. The minimum Gasteiger partial charge on any atom is -0.382 e. The smallest absolute Gasteiger partial charge is 0.145 e. The van der Waals surface area contributed by atoms with E-state index < -0.39 is 0 Å². The van der Waals surface area contributed by atoms with Gasteiger partial charge in [0.15, 0.2) is 0 Å². The van der Waals surface area contributed by atoms with Gasteiger partial charge in [-0.25, -0.2) is 0 Å². The topological polar surface area (TPSA) is 47.1 Å². The Morgan fingerprint density at radius 1 is 1.33 bits per heavy atom. The van der Waals surface area contributed by atoms with Crippen LogP contribution >= 0.6 is 0 Å². The van der Waals surface area contributed by atoms with Crippen LogP contribution in [0.2, 0.25) is 0 Å². The first-order chi connectivity index (χ1) is 8.56. The van der Waals surface area contributed by atoms with Crippen LogP contribution in [-0.4, -0.2) is 33.8 Å². The minimum absolute atomic E-state index is 0.605. The summed E-state index contributed by atoms with van der Waals surface area (Å²) < 4.78 is 1.94. The summed E-state index contributed by atoms with van der Waals surface area (Å²) in [5.74, 6) is 1.31. The summed E-state index contributed by atoms with van der Waals surface area (Å²) in [7, 11) is 0. The zero-order valence-electron chi connectivity index (χ0n) is 12.3. The Bertz CT molecular complexity index is 328. The van der Waals surface area contributed by atoms with Gasteiger partial charge >= 0.3 is 0 Å². The second kappa shape index (κ2) is 7.41. The predicted octanol–water partition coefficient (Wildman–Crippen LogP) is 2.61. The van der Waals surface area contributed by atoms with Crippen molar-refractivity contribution in [1.29, 1.82) is 0 Å². The molecule has 1 rings (SSSR count). The molecule has 0 spiro atoms. The van der Waals surface area contributed by atoms with Gasteiger partial charge in [-0.05, 0) is 24.8 Å². The van der Waals surface area contributed by atoms with E-state index in [2.05, 4.69) is 37.7 Å². The SMILES string of the molecule is CCC(CC)N(CCn1ccc(N)n1)CC(C)C. The van der Waals surface area contributed by atoms with Gasteiger partial charge in [0, 0.05) is 25.3 Å². The first kappa shape index (κ1) is 15.0. The van der Waals surface area contributed by atoms with E-state index in [4.69, 9.17) is 5.73 Å². The van der Waals surface area contributed by atoms with Gasteiger partial charge in [-0.1, -0.05) is 27.7 Å². The maximum Gasteiger partial charge on any atom is 0.145 e. The molecule has 0 radical (unpaired) electrons. The molecule has 0 unspecified atom stereocenters. The monoisotopic (exact) mass is 252 g/mol. The Balaban J connectivity index is 2.54. The quantitative estimate of drug-likeness (QED) is 0.773. The molecule has 1 aromatic rings. The third kappa shape index (κ3) is 4.69. The fourth-order valence-corrected chi connectivity index (χ4v) is 2.43. The van der Waals surface area contributed by atoms with Crippen molar-refractivity contribution < 1.29 is 0 Å². The summed E-state index contributed by atoms with van der Waals surface area (Å²) >= 11 is 0. The average molecular weight is 252 g/mol. The Hall–Kier alpha value is -1.03. The molecule has 18 heavy (non-hydrogen) atoms. The lowest BCUT2D eigenvalue weighted by molar-refractivity contribution is 0.158. The number of nitrogens with two attached hydrogens (primary N) is 1. The maximum atomic E-state index is 5.63. The highest BCUT2D eigenvalue weighted by atomic mass is 15.3. The van der Waals surface area contributed by atoms with Crippen molar-refractivity contribution in [2.24, 2.45) is 5.92 Å². The number of hydrogen-bond acceptors (Lipinski definition) is 3. The molecule has 0 aliphatic carbocycles. The molecule has 2 N–H and O–H groups in total. The van der Waals surface area contributed by atoms with E-state index in [0.717, 1.165) is 19.6 Å². The lowest BCUT2D eigenvalue weighted by Gasteiger charge is -2.31. The van der Waals surface area contributed by atoms with Crippen molar-refractivity contribution in [2.45, 2.75) is 53.1 Å². The van der Waals surface area contributed by atoms with Gasteiger partial charge in [0.1, 0.15) is 5.82 Å². The number of aromatic nitrogens is 2. The van der Waals surface area contributed by atoms with Crippen molar-refractivity contribution in [2.75, 3.05) is 18.8 Å². The van der Waals surface area contributed by atoms with Crippen molar-refractivity contribution >= 4 is 5.82 Å². The molecule has 4 nitrogen and oxygen atoms in total. The second-order valence-electron chi connectivity index (χ2n) is 5.36. The van der Waals surface area contributed by atoms with Crippen LogP contribution < -0.4 is 5.73 Å². The van der Waals surface area contributed by atoms with E-state index in [-0.39, 0.29) is 0 Å². The average Bonchev–Trinajstić information content (AvgIpc) is 2.72. The number of rotatable bonds is 8. The van der Waals surface area contributed by atoms with E-state index in [9.17, 15) is 0 Å². The van der Waals surface area contributed by atoms with E-state index in [1.165, 1.54) is 12.8 Å². The molecule has 104 valence electrons. The van der Waals surface area contributed by atoms with Gasteiger partial charge in [-0.3, -0.25) is 9.58 Å². The minimum atomic E-state index is 0.605. The van der Waals surface area contributed by atoms with Crippen molar-refractivity contribution in [3.63, 3.8) is 0 Å². The molecule has 1 aromatic heterocycles. The van der Waals surface area contributed by atoms with E-state index >= 15 is 0 Å². The van der Waals surface area contributed by atoms with Crippen LogP contribution in [0, 0.1) is 5.92 Å². The summed E-state index contributed by atoms with van der Waals surface area (Å²) in [4.78, 5) is 2.59. The molecule has 0 aliphatic rings. The Labute approximate surface area is 111 Å². The summed E-state index contributed by atoms with van der Waals surface area (Å²) in [6, 6.07) is 2.53. The van der Waals surface area contributed by atoms with E-state index in [0.29, 0.717) is 17.8 Å². The first-order valence-corrected chi connectivity index (χ1v) is 7.09. The molecular weight excluding hydrogens is 224 g/mol. The van der Waals surface area contributed by atoms with Crippen molar-refractivity contribution in [3.05, 3.63) is 12.3 Å². The van der Waals surface area contributed by atoms with Crippen LogP contribution in [0.3, 0.4) is 0 Å². The maximum absolute atomic E-state index is 5.63. The molecule has 0 aliphatic heterocycles. The Morgan fingerprint density at radius 2 is 2.00 bits per heavy atom. The second-order valence-corrected chi connectivity index (χ2v) is 5.36. The summed E-state index contributed by atoms with van der Waals surface area (Å²) in [6.07, 6.45) is 4.38. The number of nitrogens with zero attached hydrogens (tertiary/aromatic N) is 3. The van der Waals surface area contributed by atoms with Crippen molar-refractivity contribution in [3.8, 4) is 0 Å². The summed E-state index contributed by atoms with van der Waals surface area (Å²) in [6.45, 7) is 12.2. The molecular formula is C14H28N4. The molecule has 0 saturated heterocycles. The highest BCUT2D eigenvalue weighted by Gasteiger charge is 2.16. The van der Waals surface area contributed by atoms with Crippen LogP contribution in [0.15, 0.2) is 12.3 Å². The number of nitrogen functional groups attached to an aromatic ring is 1. The van der Waals surface area contributed by atoms with E-state index in [1.807, 2.05) is 16.9 Å². The Kier molecular flexibility index (Phi) is 6.19. The summed E-state index contributed by atoms with van der Waals surface area (Å²) in [5, 5.41) is 4.24. The van der Waals surface area contributed by atoms with Crippen LogP contribution in [-0.2, 0) is 6.54 Å². The van der Waals surface area contributed by atoms with Gasteiger partial charge in [-0.2, -0.15) is 5.10 Å². The zero-order chi connectivity index (χ0) is 13.5. The molecule has 0 atom stereocenters. The largest absolute Gasteiger partial charge is 0.382 e. The van der Waals surface area contributed by atoms with Crippen LogP contribution in [0.5, 0.6) is 0 Å². The standard InChI is InChI=1S/C14H28N4/c1-5-13(6-2)17(11-12(3)4)9-10-18-8-7-14(15)16-18/h7-8,12-13H,5-6,9-11H2,1-4H3,(H2,15,16). The molecule has 4 heteroatoms. The van der Waals surface area contributed by atoms with Crippen molar-refractivity contribution in [1.82, 2.24) is 14.7 Å². The van der Waals surface area contributed by atoms with Crippen LogP contribution in [0.25, 0.3) is 0 Å². The third-order valence-corrected chi connectivity index (χ3v) is 3.34. The molecule has 0 amide bonds. The predicted molar refractivity (Wildman–Crippen MR) is 77.4 cm³/mol. The third-order valence-electron chi connectivity index (χ3n) is 3.34. The fourth-order valence-electron chi connectivity index (χ4n) is 2.43. The van der Waals surface area contributed by atoms with Gasteiger partial charge in [0.05, 0.1) is 6.54 Å². The molecule has 0 saturated carbocycles. The fraction of sp³-hybridized carbons (Fsp3) is 0.786. The van der Waals surface area contributed by atoms with Crippen LogP contribution in [0.1, 0.15) is 40.5 Å². The van der Waals surface area contributed by atoms with Gasteiger partial charge < -0.3 is 5.73 Å². The van der Waals surface area contributed by atoms with E-state index in [1.54, 1.807) is 0 Å². The number of hydrogen-bond donors (Lipinski definition) is 1. The molecule has 0 fully saturated rings. The molecule has 0 aromatic carbocycles. The normalized spacial score (nSPS) is 11.9. The summed E-state index contributed by atoms with van der Waals surface area (Å²) in [5.41, 5.74) is 5.63. The van der Waals surface area contributed by atoms with Gasteiger partial charge in [0.25, 0.3) is 0 Å². The molecule has 0 bridgehead atoms. The Morgan fingerprint density at radius 3 is 2.44 bits per heavy atom. The number of anilines is 1. The zero-order valence-corrected chi connectivity index (χ0v) is 12.3. The lowest BCUT2D eigenvalue weighted by Crippen LogP contribution is -2.39. The lowest BCUT2D eigenvalue weighted by atomic mass is 10.1. The van der Waals surface area contributed by atoms with Crippen LogP contribution in [0.4, 0.5) is 5.82 Å². The van der Waals surface area contributed by atoms with Gasteiger partial charge in [-0.15, -0.1) is 0 Å². The highest BCUT2D eigenvalue weighted by Crippen LogP contribution is 2.11. The highest BCUT2D eigenvalue weighted by molar-refractivity contribution is 5.23.